The van der Waals surface area contributed by atoms with E-state index in [1.165, 1.54) is 0 Å². The van der Waals surface area contributed by atoms with Crippen LogP contribution in [0.15, 0.2) is 30.3 Å². The Hall–Kier alpha value is 0.0230. The van der Waals surface area contributed by atoms with Crippen LogP contribution in [0.3, 0.4) is 0 Å². The van der Waals surface area contributed by atoms with E-state index in [2.05, 4.69) is 5.48 Å². The van der Waals surface area contributed by atoms with Crippen molar-refractivity contribution in [3.05, 3.63) is 93.5 Å². The summed E-state index contributed by atoms with van der Waals surface area (Å²) in [7, 11) is 0. The van der Waals surface area contributed by atoms with Gasteiger partial charge < -0.3 is 55.8 Å². The molecule has 1 aromatic rings. The summed E-state index contributed by atoms with van der Waals surface area (Å²) in [5.41, 5.74) is 3.87. The first-order valence-electron chi connectivity index (χ1n) is 4.03. The Morgan fingerprint density at radius 1 is 0.950 bits per heavy atom. The summed E-state index contributed by atoms with van der Waals surface area (Å²) in [6.45, 7) is 4.42. The molecule has 0 fully saturated rings. The fourth-order valence-electron chi connectivity index (χ4n) is 0.808. The maximum absolute atomic E-state index is 4.96. The molecule has 0 aliphatic rings. The average molecular weight is 371 g/mol. The number of hydrogen-bond donors (Lipinski definition) is 1. The number of benzene rings is 1. The van der Waals surface area contributed by atoms with Gasteiger partial charge >= 0.3 is 16.8 Å². The van der Waals surface area contributed by atoms with Crippen LogP contribution in [0.25, 0.3) is 0 Å². The van der Waals surface area contributed by atoms with Gasteiger partial charge in [-0.3, -0.25) is 0 Å². The molecular formula is C16H31Co2NO-5. The average Bonchev–Trinajstić information content (AvgIpc) is 2.14. The fourth-order valence-corrected chi connectivity index (χ4v) is 0.808. The Labute approximate surface area is 150 Å². The van der Waals surface area contributed by atoms with Crippen LogP contribution in [0.1, 0.15) is 12.5 Å². The van der Waals surface area contributed by atoms with E-state index in [1.807, 2.05) is 43.7 Å². The van der Waals surface area contributed by atoms with Gasteiger partial charge in [-0.15, -0.1) is 12.1 Å². The molecule has 0 atom stereocenters. The molecule has 0 aromatic heterocycles. The van der Waals surface area contributed by atoms with Gasteiger partial charge in [-0.1, -0.05) is 13.0 Å². The summed E-state index contributed by atoms with van der Waals surface area (Å²) >= 11 is 0. The van der Waals surface area contributed by atoms with Crippen molar-refractivity contribution in [3.63, 3.8) is 0 Å². The molecule has 0 aliphatic heterocycles. The number of hydrogen-bond acceptors (Lipinski definition) is 2. The molecule has 0 unspecified atom stereocenters. The zero-order valence-electron chi connectivity index (χ0n) is 13.8. The summed E-state index contributed by atoms with van der Waals surface area (Å²) < 4.78 is 0. The molecule has 1 N–H and O–H groups in total. The molecule has 0 spiro atoms. The first-order valence-corrected chi connectivity index (χ1v) is 4.03. The third-order valence-corrected chi connectivity index (χ3v) is 1.36. The quantitative estimate of drug-likeness (QED) is 0.463. The van der Waals surface area contributed by atoms with Crippen LogP contribution >= 0.6 is 0 Å². The SMILES string of the molecule is CCNO[CH-][CH-]c1ccccc1.[CH3-].[CH3-].[CH3-].[CH3-].[CH3-].[CH3-].[Co+3].[Co]. The maximum atomic E-state index is 4.96. The van der Waals surface area contributed by atoms with E-state index in [9.17, 15) is 0 Å². The Bertz CT molecular complexity index is 209. The Kier molecular flexibility index (Phi) is 91.3. The third kappa shape index (κ3) is 26.6. The third-order valence-electron chi connectivity index (χ3n) is 1.36. The minimum absolute atomic E-state index is 0. The van der Waals surface area contributed by atoms with Gasteiger partial charge in [-0.25, -0.2) is 17.7 Å². The second-order valence-corrected chi connectivity index (χ2v) is 2.33. The molecule has 0 amide bonds. The largest absolute Gasteiger partial charge is 3.00 e. The van der Waals surface area contributed by atoms with Gasteiger partial charge in [0.1, 0.15) is 0 Å². The molecule has 0 saturated heterocycles. The molecule has 0 heterocycles. The van der Waals surface area contributed by atoms with Gasteiger partial charge in [-0.2, -0.15) is 12.1 Å². The summed E-state index contributed by atoms with van der Waals surface area (Å²) in [6, 6.07) is 10.0. The van der Waals surface area contributed by atoms with Crippen LogP contribution in [-0.2, 0) is 38.4 Å². The van der Waals surface area contributed by atoms with Crippen LogP contribution in [0.5, 0.6) is 0 Å². The summed E-state index contributed by atoms with van der Waals surface area (Å²) in [5.74, 6) is 0. The molecule has 0 bridgehead atoms. The van der Waals surface area contributed by atoms with E-state index >= 15 is 0 Å². The van der Waals surface area contributed by atoms with E-state index in [0.717, 1.165) is 12.1 Å². The van der Waals surface area contributed by atoms with Crippen LogP contribution < -0.4 is 5.48 Å². The molecular weight excluding hydrogens is 340 g/mol. The zero-order valence-corrected chi connectivity index (χ0v) is 15.9. The van der Waals surface area contributed by atoms with Crippen molar-refractivity contribution < 1.29 is 38.4 Å². The van der Waals surface area contributed by atoms with Gasteiger partial charge in [0.25, 0.3) is 0 Å². The van der Waals surface area contributed by atoms with Crippen molar-refractivity contribution in [2.75, 3.05) is 6.54 Å². The van der Waals surface area contributed by atoms with Crippen molar-refractivity contribution >= 4 is 0 Å². The van der Waals surface area contributed by atoms with E-state index < -0.39 is 0 Å². The van der Waals surface area contributed by atoms with Gasteiger partial charge in [0, 0.05) is 23.3 Å². The van der Waals surface area contributed by atoms with Gasteiger partial charge in [-0.05, 0) is 0 Å². The van der Waals surface area contributed by atoms with Crippen molar-refractivity contribution in [2.45, 2.75) is 6.92 Å². The summed E-state index contributed by atoms with van der Waals surface area (Å²) in [5, 5.41) is 0. The normalized spacial score (nSPS) is 5.85. The van der Waals surface area contributed by atoms with Crippen molar-refractivity contribution in [1.82, 2.24) is 5.48 Å². The predicted molar refractivity (Wildman–Crippen MR) is 87.4 cm³/mol. The van der Waals surface area contributed by atoms with Gasteiger partial charge in [0.2, 0.25) is 0 Å². The second kappa shape index (κ2) is 36.4. The monoisotopic (exact) mass is 371 g/mol. The van der Waals surface area contributed by atoms with E-state index in [-0.39, 0.29) is 78.1 Å². The van der Waals surface area contributed by atoms with Crippen molar-refractivity contribution in [1.29, 1.82) is 0 Å². The minimum Gasteiger partial charge on any atom is -0.484 e. The van der Waals surface area contributed by atoms with Crippen LogP contribution in [-0.4, -0.2) is 6.54 Å². The van der Waals surface area contributed by atoms with Crippen LogP contribution in [0.4, 0.5) is 0 Å². The van der Waals surface area contributed by atoms with Crippen LogP contribution in [0.2, 0.25) is 0 Å². The number of rotatable bonds is 5. The van der Waals surface area contributed by atoms with E-state index in [4.69, 9.17) is 4.84 Å². The molecule has 1 aromatic carbocycles. The molecule has 129 valence electrons. The zero-order chi connectivity index (χ0) is 8.65. The van der Waals surface area contributed by atoms with Gasteiger partial charge in [0.05, 0.1) is 0 Å². The van der Waals surface area contributed by atoms with E-state index in [1.54, 1.807) is 6.61 Å². The first kappa shape index (κ1) is 50.1. The predicted octanol–water partition coefficient (Wildman–Crippen LogP) is 4.64. The topological polar surface area (TPSA) is 21.3 Å². The number of nitrogens with one attached hydrogen (secondary N) is 1. The van der Waals surface area contributed by atoms with Gasteiger partial charge in [0.15, 0.2) is 0 Å². The molecule has 2 nitrogen and oxygen atoms in total. The molecule has 0 saturated carbocycles. The van der Waals surface area contributed by atoms with Crippen LogP contribution in [0, 0.1) is 57.6 Å². The fraction of sp³-hybridized carbons (Fsp3) is 0.125. The van der Waals surface area contributed by atoms with Crippen molar-refractivity contribution in [3.8, 4) is 0 Å². The Morgan fingerprint density at radius 3 is 1.80 bits per heavy atom. The van der Waals surface area contributed by atoms with E-state index in [0.29, 0.717) is 0 Å². The molecule has 1 rings (SSSR count). The van der Waals surface area contributed by atoms with Crippen molar-refractivity contribution in [2.24, 2.45) is 0 Å². The standard InChI is InChI=1S/C10H13NO.6CH3.2Co/c1-2-11-12-9-8-10-6-4-3-5-7-10;;;;;;;;/h3-9,11H,2H2,1H3;6*1H3;;/q-2;6*-1;;+3. The minimum atomic E-state index is 0. The second-order valence-electron chi connectivity index (χ2n) is 2.33. The smallest absolute Gasteiger partial charge is 0.484 e. The molecule has 20 heavy (non-hydrogen) atoms. The summed E-state index contributed by atoms with van der Waals surface area (Å²) in [6.07, 6.45) is 1.91. The summed E-state index contributed by atoms with van der Waals surface area (Å²) in [4.78, 5) is 4.96. The number of hydroxylamine groups is 1. The molecule has 0 aliphatic carbocycles. The molecule has 1 radical (unpaired) electrons. The first-order chi connectivity index (χ1) is 5.93. The Balaban J connectivity index is -0.0000000300. The Morgan fingerprint density at radius 2 is 1.40 bits per heavy atom. The maximum Gasteiger partial charge on any atom is 3.00 e. The molecule has 4 heteroatoms.